The molecule has 7 nitrogen and oxygen atoms in total. The number of benzene rings is 2. The van der Waals surface area contributed by atoms with Gasteiger partial charge in [0.1, 0.15) is 5.75 Å². The third-order valence-corrected chi connectivity index (χ3v) is 7.65. The van der Waals surface area contributed by atoms with Gasteiger partial charge in [-0.2, -0.15) is 0 Å². The molecule has 0 bridgehead atoms. The number of hydrogen-bond acceptors (Lipinski definition) is 6. The second-order valence-corrected chi connectivity index (χ2v) is 9.66. The van der Waals surface area contributed by atoms with Gasteiger partial charge in [0.15, 0.2) is 0 Å². The molecule has 2 amide bonds. The molecule has 2 atom stereocenters. The molecule has 0 unspecified atom stereocenters. The van der Waals surface area contributed by atoms with Crippen molar-refractivity contribution >= 4 is 35.0 Å². The summed E-state index contributed by atoms with van der Waals surface area (Å²) in [5, 5.41) is -0.332. The maximum absolute atomic E-state index is 14.1. The number of thioether (sulfide) groups is 1. The van der Waals surface area contributed by atoms with Gasteiger partial charge < -0.3 is 9.47 Å². The van der Waals surface area contributed by atoms with Crippen molar-refractivity contribution in [3.8, 4) is 5.75 Å². The van der Waals surface area contributed by atoms with Gasteiger partial charge in [0, 0.05) is 24.3 Å². The van der Waals surface area contributed by atoms with Crippen molar-refractivity contribution in [3.63, 3.8) is 0 Å². The maximum atomic E-state index is 14.1. The first-order chi connectivity index (χ1) is 15.6. The van der Waals surface area contributed by atoms with Gasteiger partial charge >= 0.3 is 0 Å². The van der Waals surface area contributed by atoms with Crippen molar-refractivity contribution in [2.45, 2.75) is 24.0 Å². The second-order valence-electron chi connectivity index (χ2n) is 8.13. The number of hydrogen-bond donors (Lipinski definition) is 0. The number of fused-ring (bicyclic) bond motifs is 2. The number of amides is 2. The van der Waals surface area contributed by atoms with E-state index in [9.17, 15) is 9.59 Å². The van der Waals surface area contributed by atoms with Crippen molar-refractivity contribution in [1.82, 2.24) is 4.90 Å². The van der Waals surface area contributed by atoms with E-state index >= 15 is 0 Å². The largest absolute Gasteiger partial charge is 0.494 e. The Morgan fingerprint density at radius 3 is 2.53 bits per heavy atom. The Bertz CT molecular complexity index is 1020. The monoisotopic (exact) mass is 453 g/mol. The summed E-state index contributed by atoms with van der Waals surface area (Å²) in [6.45, 7) is 7.76. The first-order valence-corrected chi connectivity index (χ1v) is 11.9. The van der Waals surface area contributed by atoms with Gasteiger partial charge in [-0.05, 0) is 44.2 Å². The molecule has 3 heterocycles. The molecular formula is C24H27N3O4S. The van der Waals surface area contributed by atoms with Crippen LogP contribution in [0.2, 0.25) is 0 Å². The molecule has 0 radical (unpaired) electrons. The molecule has 0 N–H and O–H groups in total. The van der Waals surface area contributed by atoms with E-state index < -0.39 is 4.87 Å². The third kappa shape index (κ3) is 3.29. The summed E-state index contributed by atoms with van der Waals surface area (Å²) in [6.07, 6.45) is 0. The number of morpholine rings is 1. The fourth-order valence-electron chi connectivity index (χ4n) is 4.68. The zero-order chi connectivity index (χ0) is 22.3. The smallest absolute Gasteiger partial charge is 0.269 e. The minimum Gasteiger partial charge on any atom is -0.494 e. The van der Waals surface area contributed by atoms with Crippen molar-refractivity contribution in [3.05, 3.63) is 54.1 Å². The predicted molar refractivity (Wildman–Crippen MR) is 125 cm³/mol. The number of nitrogens with zero attached hydrogens (tertiary/aromatic N) is 3. The van der Waals surface area contributed by atoms with Gasteiger partial charge in [-0.3, -0.25) is 24.3 Å². The van der Waals surface area contributed by atoms with E-state index in [0.717, 1.165) is 30.1 Å². The maximum Gasteiger partial charge on any atom is 0.269 e. The summed E-state index contributed by atoms with van der Waals surface area (Å²) in [7, 11) is 0. The normalized spacial score (nSPS) is 25.6. The van der Waals surface area contributed by atoms with Gasteiger partial charge in [-0.25, -0.2) is 0 Å². The summed E-state index contributed by atoms with van der Waals surface area (Å²) in [6, 6.07) is 15.3. The summed E-state index contributed by atoms with van der Waals surface area (Å²) < 4.78 is 11.0. The molecule has 2 saturated heterocycles. The first kappa shape index (κ1) is 21.3. The fourth-order valence-corrected chi connectivity index (χ4v) is 6.21. The van der Waals surface area contributed by atoms with E-state index in [-0.39, 0.29) is 17.1 Å². The van der Waals surface area contributed by atoms with Crippen LogP contribution >= 0.6 is 11.8 Å². The first-order valence-electron chi connectivity index (χ1n) is 11.0. The number of carbonyl (C=O) groups is 2. The molecule has 0 saturated carbocycles. The van der Waals surface area contributed by atoms with Gasteiger partial charge in [0.05, 0.1) is 37.4 Å². The van der Waals surface area contributed by atoms with Crippen molar-refractivity contribution in [2.75, 3.05) is 49.4 Å². The van der Waals surface area contributed by atoms with E-state index in [1.54, 1.807) is 4.90 Å². The molecule has 2 aromatic carbocycles. The van der Waals surface area contributed by atoms with Crippen LogP contribution in [0, 0.1) is 0 Å². The predicted octanol–water partition coefficient (Wildman–Crippen LogP) is 3.04. The van der Waals surface area contributed by atoms with Crippen LogP contribution in [0.5, 0.6) is 5.75 Å². The number of carbonyl (C=O) groups excluding carboxylic acids is 2. The topological polar surface area (TPSA) is 62.3 Å². The molecule has 2 aromatic rings. The van der Waals surface area contributed by atoms with E-state index in [1.165, 1.54) is 11.8 Å². The molecule has 0 aromatic heterocycles. The molecular weight excluding hydrogens is 426 g/mol. The lowest BCUT2D eigenvalue weighted by Crippen LogP contribution is -2.52. The Morgan fingerprint density at radius 1 is 1.09 bits per heavy atom. The van der Waals surface area contributed by atoms with E-state index in [1.807, 2.05) is 67.3 Å². The van der Waals surface area contributed by atoms with E-state index in [2.05, 4.69) is 4.90 Å². The molecule has 1 spiro atoms. The number of anilines is 2. The zero-order valence-corrected chi connectivity index (χ0v) is 19.1. The van der Waals surface area contributed by atoms with Crippen LogP contribution in [0.3, 0.4) is 0 Å². The summed E-state index contributed by atoms with van der Waals surface area (Å²) >= 11 is 1.43. The summed E-state index contributed by atoms with van der Waals surface area (Å²) in [5.41, 5.74) is 2.44. The highest BCUT2D eigenvalue weighted by atomic mass is 32.2. The van der Waals surface area contributed by atoms with Gasteiger partial charge in [-0.15, -0.1) is 11.8 Å². The van der Waals surface area contributed by atoms with Crippen molar-refractivity contribution in [1.29, 1.82) is 0 Å². The average Bonchev–Trinajstić information content (AvgIpc) is 3.21. The van der Waals surface area contributed by atoms with E-state index in [0.29, 0.717) is 32.2 Å². The van der Waals surface area contributed by atoms with Gasteiger partial charge in [0.2, 0.25) is 10.8 Å². The van der Waals surface area contributed by atoms with Crippen LogP contribution in [0.4, 0.5) is 11.4 Å². The lowest BCUT2D eigenvalue weighted by molar-refractivity contribution is -0.124. The van der Waals surface area contributed by atoms with Crippen molar-refractivity contribution < 1.29 is 19.1 Å². The molecule has 168 valence electrons. The van der Waals surface area contributed by atoms with Crippen LogP contribution in [-0.2, 0) is 19.2 Å². The Morgan fingerprint density at radius 2 is 1.81 bits per heavy atom. The molecule has 8 heteroatoms. The Balaban J connectivity index is 1.57. The Labute approximate surface area is 192 Å². The highest BCUT2D eigenvalue weighted by molar-refractivity contribution is 8.03. The van der Waals surface area contributed by atoms with E-state index in [4.69, 9.17) is 9.47 Å². The molecule has 2 fully saturated rings. The standard InChI is InChI=1S/C24H27N3O4S/c1-3-31-19-10-8-18(9-11-19)27-22(28)17(2)32-24(27)20-6-4-5-7-21(20)26(23(24)29)16-25-12-14-30-15-13-25/h4-11,17H,3,12-16H2,1-2H3/t17-,24-/m0/s1. The van der Waals surface area contributed by atoms with Crippen LogP contribution < -0.4 is 14.5 Å². The SMILES string of the molecule is CCOc1ccc(N2C(=O)[C@H](C)S[C@@]23C(=O)N(CN2CCOCC2)c2ccccc23)cc1. The third-order valence-electron chi connectivity index (χ3n) is 6.18. The molecule has 0 aliphatic carbocycles. The minimum atomic E-state index is -1.10. The van der Waals surface area contributed by atoms with Crippen molar-refractivity contribution in [2.24, 2.45) is 0 Å². The molecule has 32 heavy (non-hydrogen) atoms. The molecule has 3 aliphatic heterocycles. The average molecular weight is 454 g/mol. The van der Waals surface area contributed by atoms with Crippen LogP contribution in [0.1, 0.15) is 19.4 Å². The number of ether oxygens (including phenoxy) is 2. The van der Waals surface area contributed by atoms with Gasteiger partial charge in [0.25, 0.3) is 5.91 Å². The summed E-state index contributed by atoms with van der Waals surface area (Å²) in [5.74, 6) is 0.613. The fraction of sp³-hybridized carbons (Fsp3) is 0.417. The lowest BCUT2D eigenvalue weighted by Gasteiger charge is -2.35. The highest BCUT2D eigenvalue weighted by Gasteiger charge is 2.63. The van der Waals surface area contributed by atoms with Crippen LogP contribution in [0.25, 0.3) is 0 Å². The van der Waals surface area contributed by atoms with Gasteiger partial charge in [-0.1, -0.05) is 18.2 Å². The second kappa shape index (κ2) is 8.42. The van der Waals surface area contributed by atoms with Crippen LogP contribution in [0.15, 0.2) is 48.5 Å². The quantitative estimate of drug-likeness (QED) is 0.694. The van der Waals surface area contributed by atoms with Crippen LogP contribution in [-0.4, -0.2) is 61.5 Å². The lowest BCUT2D eigenvalue weighted by atomic mass is 10.0. The molecule has 3 aliphatic rings. The summed E-state index contributed by atoms with van der Waals surface area (Å²) in [4.78, 5) is 32.2. The number of para-hydroxylation sites is 1. The zero-order valence-electron chi connectivity index (χ0n) is 18.3. The Hall–Kier alpha value is -2.55. The molecule has 5 rings (SSSR count). The minimum absolute atomic E-state index is 0.0597. The Kier molecular flexibility index (Phi) is 5.61. The highest BCUT2D eigenvalue weighted by Crippen LogP contribution is 2.57. The number of rotatable bonds is 5.